The molecular weight excluding hydrogens is 391 g/mol. The lowest BCUT2D eigenvalue weighted by Gasteiger charge is -2.12. The molecule has 2 rings (SSSR count). The molecule has 2 aromatic carbocycles. The molecule has 3 N–H and O–H groups in total. The summed E-state index contributed by atoms with van der Waals surface area (Å²) in [7, 11) is -2.34. The molecule has 0 heterocycles. The van der Waals surface area contributed by atoms with Crippen LogP contribution in [0.4, 0.5) is 11.4 Å². The van der Waals surface area contributed by atoms with Crippen molar-refractivity contribution in [1.29, 1.82) is 0 Å². The molecule has 0 atom stereocenters. The molecule has 0 bridgehead atoms. The number of nitrogens with one attached hydrogen (secondary N) is 1. The number of halogens is 1. The number of rotatable bonds is 4. The highest BCUT2D eigenvalue weighted by Crippen LogP contribution is 2.28. The SMILES string of the molecule is COc1ccc(N)cc1S(=O)(=O)Nc1cccc(I)c1. The van der Waals surface area contributed by atoms with E-state index in [4.69, 9.17) is 10.5 Å². The molecule has 7 heteroatoms. The van der Waals surface area contributed by atoms with Gasteiger partial charge in [0.05, 0.1) is 7.11 Å². The van der Waals surface area contributed by atoms with Crippen LogP contribution in [0.15, 0.2) is 47.4 Å². The number of ether oxygens (including phenoxy) is 1. The Bertz CT molecular complexity index is 732. The Balaban J connectivity index is 2.43. The topological polar surface area (TPSA) is 81.4 Å². The first kappa shape index (κ1) is 14.9. The van der Waals surface area contributed by atoms with Gasteiger partial charge in [0.2, 0.25) is 0 Å². The number of nitrogens with two attached hydrogens (primary N) is 1. The molecule has 0 aliphatic carbocycles. The van der Waals surface area contributed by atoms with Crippen molar-refractivity contribution in [2.75, 3.05) is 17.6 Å². The van der Waals surface area contributed by atoms with E-state index >= 15 is 0 Å². The summed E-state index contributed by atoms with van der Waals surface area (Å²) in [6.07, 6.45) is 0. The van der Waals surface area contributed by atoms with Crippen LogP contribution in [0.1, 0.15) is 0 Å². The maximum absolute atomic E-state index is 12.4. The fraction of sp³-hybridized carbons (Fsp3) is 0.0769. The average Bonchev–Trinajstić information content (AvgIpc) is 2.38. The van der Waals surface area contributed by atoms with Crippen molar-refractivity contribution in [2.45, 2.75) is 4.90 Å². The van der Waals surface area contributed by atoms with Crippen molar-refractivity contribution >= 4 is 44.0 Å². The zero-order valence-electron chi connectivity index (χ0n) is 10.6. The summed E-state index contributed by atoms with van der Waals surface area (Å²) >= 11 is 2.11. The molecule has 0 saturated heterocycles. The predicted octanol–water partition coefficient (Wildman–Crippen LogP) is 2.68. The van der Waals surface area contributed by atoms with Crippen LogP contribution in [0.5, 0.6) is 5.75 Å². The van der Waals surface area contributed by atoms with Gasteiger partial charge in [0.15, 0.2) is 0 Å². The first-order valence-corrected chi connectivity index (χ1v) is 8.20. The third kappa shape index (κ3) is 3.34. The summed E-state index contributed by atoms with van der Waals surface area (Å²) in [6, 6.07) is 11.5. The molecule has 0 aromatic heterocycles. The second kappa shape index (κ2) is 5.88. The van der Waals surface area contributed by atoms with Gasteiger partial charge in [-0.1, -0.05) is 6.07 Å². The first-order chi connectivity index (χ1) is 9.42. The van der Waals surface area contributed by atoms with Gasteiger partial charge in [-0.05, 0) is 59.0 Å². The van der Waals surface area contributed by atoms with Crippen LogP contribution < -0.4 is 15.2 Å². The van der Waals surface area contributed by atoms with Gasteiger partial charge in [-0.3, -0.25) is 4.72 Å². The van der Waals surface area contributed by atoms with Crippen molar-refractivity contribution in [1.82, 2.24) is 0 Å². The molecule has 106 valence electrons. The van der Waals surface area contributed by atoms with Gasteiger partial charge in [0.25, 0.3) is 10.0 Å². The summed E-state index contributed by atoms with van der Waals surface area (Å²) in [5.74, 6) is 0.248. The molecule has 0 saturated carbocycles. The predicted molar refractivity (Wildman–Crippen MR) is 87.4 cm³/mol. The van der Waals surface area contributed by atoms with Crippen molar-refractivity contribution in [2.24, 2.45) is 0 Å². The van der Waals surface area contributed by atoms with Crippen molar-refractivity contribution in [3.63, 3.8) is 0 Å². The maximum atomic E-state index is 12.4. The van der Waals surface area contributed by atoms with Crippen LogP contribution in [-0.4, -0.2) is 15.5 Å². The Morgan fingerprint density at radius 3 is 2.60 bits per heavy atom. The molecule has 2 aromatic rings. The van der Waals surface area contributed by atoms with Gasteiger partial charge in [-0.2, -0.15) is 0 Å². The number of anilines is 2. The van der Waals surface area contributed by atoms with E-state index in [1.54, 1.807) is 24.3 Å². The molecule has 0 amide bonds. The number of nitrogen functional groups attached to an aromatic ring is 1. The summed E-state index contributed by atoms with van der Waals surface area (Å²) in [5.41, 5.74) is 6.49. The van der Waals surface area contributed by atoms with Crippen molar-refractivity contribution in [3.8, 4) is 5.75 Å². The third-order valence-electron chi connectivity index (χ3n) is 2.55. The van der Waals surface area contributed by atoms with Crippen LogP contribution in [0.25, 0.3) is 0 Å². The second-order valence-corrected chi connectivity index (χ2v) is 6.92. The summed E-state index contributed by atoms with van der Waals surface area (Å²) in [6.45, 7) is 0. The first-order valence-electron chi connectivity index (χ1n) is 5.64. The third-order valence-corrected chi connectivity index (χ3v) is 4.63. The number of benzene rings is 2. The van der Waals surface area contributed by atoms with Gasteiger partial charge >= 0.3 is 0 Å². The minimum Gasteiger partial charge on any atom is -0.495 e. The number of hydrogen-bond donors (Lipinski definition) is 2. The van der Waals surface area contributed by atoms with Gasteiger partial charge in [0, 0.05) is 14.9 Å². The summed E-state index contributed by atoms with van der Waals surface area (Å²) in [5, 5.41) is 0. The zero-order chi connectivity index (χ0) is 14.8. The zero-order valence-corrected chi connectivity index (χ0v) is 13.6. The molecule has 0 spiro atoms. The van der Waals surface area contributed by atoms with Gasteiger partial charge < -0.3 is 10.5 Å². The fourth-order valence-corrected chi connectivity index (χ4v) is 3.46. The Kier molecular flexibility index (Phi) is 4.39. The monoisotopic (exact) mass is 404 g/mol. The molecule has 0 unspecified atom stereocenters. The molecular formula is C13H13IN2O3S. The van der Waals surface area contributed by atoms with E-state index in [0.717, 1.165) is 3.57 Å². The molecule has 0 radical (unpaired) electrons. The van der Waals surface area contributed by atoms with E-state index in [-0.39, 0.29) is 10.6 Å². The minimum atomic E-state index is -3.75. The van der Waals surface area contributed by atoms with Crippen LogP contribution in [-0.2, 0) is 10.0 Å². The van der Waals surface area contributed by atoms with Crippen LogP contribution in [0.2, 0.25) is 0 Å². The standard InChI is InChI=1S/C13H13IN2O3S/c1-19-12-6-5-10(15)8-13(12)20(17,18)16-11-4-2-3-9(14)7-11/h2-8,16H,15H2,1H3. The Hall–Kier alpha value is -1.48. The van der Waals surface area contributed by atoms with Gasteiger partial charge in [0.1, 0.15) is 10.6 Å². The highest BCUT2D eigenvalue weighted by Gasteiger charge is 2.20. The highest BCUT2D eigenvalue weighted by atomic mass is 127. The van der Waals surface area contributed by atoms with E-state index in [1.807, 2.05) is 6.07 Å². The molecule has 0 aliphatic heterocycles. The number of sulfonamides is 1. The van der Waals surface area contributed by atoms with Crippen molar-refractivity contribution in [3.05, 3.63) is 46.0 Å². The molecule has 0 fully saturated rings. The Morgan fingerprint density at radius 2 is 1.95 bits per heavy atom. The normalized spacial score (nSPS) is 11.1. The lowest BCUT2D eigenvalue weighted by Crippen LogP contribution is -2.14. The molecule has 20 heavy (non-hydrogen) atoms. The van der Waals surface area contributed by atoms with E-state index in [0.29, 0.717) is 11.4 Å². The van der Waals surface area contributed by atoms with E-state index in [9.17, 15) is 8.42 Å². The van der Waals surface area contributed by atoms with Crippen LogP contribution >= 0.6 is 22.6 Å². The second-order valence-electron chi connectivity index (χ2n) is 4.03. The molecule has 5 nitrogen and oxygen atoms in total. The number of methoxy groups -OCH3 is 1. The Morgan fingerprint density at radius 1 is 1.20 bits per heavy atom. The van der Waals surface area contributed by atoms with E-state index < -0.39 is 10.0 Å². The van der Waals surface area contributed by atoms with Gasteiger partial charge in [-0.25, -0.2) is 8.42 Å². The quantitative estimate of drug-likeness (QED) is 0.607. The van der Waals surface area contributed by atoms with E-state index in [2.05, 4.69) is 27.3 Å². The van der Waals surface area contributed by atoms with E-state index in [1.165, 1.54) is 19.2 Å². The van der Waals surface area contributed by atoms with Crippen LogP contribution in [0, 0.1) is 3.57 Å². The number of hydrogen-bond acceptors (Lipinski definition) is 4. The smallest absolute Gasteiger partial charge is 0.265 e. The fourth-order valence-electron chi connectivity index (χ4n) is 1.67. The Labute approximate surface area is 131 Å². The summed E-state index contributed by atoms with van der Waals surface area (Å²) < 4.78 is 33.3. The maximum Gasteiger partial charge on any atom is 0.265 e. The molecule has 0 aliphatic rings. The highest BCUT2D eigenvalue weighted by molar-refractivity contribution is 14.1. The lowest BCUT2D eigenvalue weighted by atomic mass is 10.3. The van der Waals surface area contributed by atoms with Crippen molar-refractivity contribution < 1.29 is 13.2 Å². The van der Waals surface area contributed by atoms with Gasteiger partial charge in [-0.15, -0.1) is 0 Å². The average molecular weight is 404 g/mol. The summed E-state index contributed by atoms with van der Waals surface area (Å²) in [4.78, 5) is 0.0128. The lowest BCUT2D eigenvalue weighted by molar-refractivity contribution is 0.403. The largest absolute Gasteiger partial charge is 0.495 e. The van der Waals surface area contributed by atoms with Crippen LogP contribution in [0.3, 0.4) is 0 Å². The minimum absolute atomic E-state index is 0.0128.